The van der Waals surface area contributed by atoms with Gasteiger partial charge in [0.25, 0.3) is 5.91 Å². The van der Waals surface area contributed by atoms with Crippen molar-refractivity contribution in [1.29, 1.82) is 0 Å². The van der Waals surface area contributed by atoms with Gasteiger partial charge in [0.15, 0.2) is 5.78 Å². The first-order valence-corrected chi connectivity index (χ1v) is 7.63. The van der Waals surface area contributed by atoms with E-state index in [0.29, 0.717) is 24.2 Å². The van der Waals surface area contributed by atoms with Crippen molar-refractivity contribution in [3.05, 3.63) is 29.3 Å². The lowest BCUT2D eigenvalue weighted by molar-refractivity contribution is -0.135. The number of amides is 1. The number of benzene rings is 1. The van der Waals surface area contributed by atoms with Crippen molar-refractivity contribution in [2.45, 2.75) is 27.2 Å². The summed E-state index contributed by atoms with van der Waals surface area (Å²) >= 11 is 0. The zero-order valence-corrected chi connectivity index (χ0v) is 14.0. The highest BCUT2D eigenvalue weighted by molar-refractivity contribution is 6.01. The quantitative estimate of drug-likeness (QED) is 0.593. The smallest absolute Gasteiger partial charge is 0.322 e. The highest BCUT2D eigenvalue weighted by atomic mass is 16.4. The highest BCUT2D eigenvalue weighted by Crippen LogP contribution is 2.16. The Bertz CT molecular complexity index is 652. The van der Waals surface area contributed by atoms with Crippen LogP contribution in [0.5, 0.6) is 0 Å². The fourth-order valence-electron chi connectivity index (χ4n) is 1.94. The van der Waals surface area contributed by atoms with Crippen molar-refractivity contribution < 1.29 is 24.3 Å². The molecular formula is C17H22N2O5. The first-order chi connectivity index (χ1) is 11.2. The molecule has 0 fully saturated rings. The zero-order valence-electron chi connectivity index (χ0n) is 14.0. The summed E-state index contributed by atoms with van der Waals surface area (Å²) in [4.78, 5) is 45.7. The maximum atomic E-state index is 12.0. The molecule has 0 spiro atoms. The first-order valence-electron chi connectivity index (χ1n) is 7.63. The molecule has 0 aliphatic rings. The van der Waals surface area contributed by atoms with Gasteiger partial charge >= 0.3 is 5.97 Å². The SMILES string of the molecule is CC(=O)c1cc(NCCC(=O)C(C)C)cc(C(=O)NCC(=O)O)c1. The Morgan fingerprint density at radius 2 is 1.71 bits per heavy atom. The van der Waals surface area contributed by atoms with E-state index in [2.05, 4.69) is 10.6 Å². The van der Waals surface area contributed by atoms with Crippen molar-refractivity contribution in [3.63, 3.8) is 0 Å². The van der Waals surface area contributed by atoms with Crippen molar-refractivity contribution >= 4 is 29.1 Å². The molecule has 130 valence electrons. The molecule has 0 heterocycles. The lowest BCUT2D eigenvalue weighted by Gasteiger charge is -2.11. The van der Waals surface area contributed by atoms with Crippen LogP contribution in [0.25, 0.3) is 0 Å². The Labute approximate surface area is 140 Å². The van der Waals surface area contributed by atoms with Crippen LogP contribution in [0.4, 0.5) is 5.69 Å². The summed E-state index contributed by atoms with van der Waals surface area (Å²) in [7, 11) is 0. The molecule has 1 amide bonds. The summed E-state index contributed by atoms with van der Waals surface area (Å²) < 4.78 is 0. The second-order valence-corrected chi connectivity index (χ2v) is 5.73. The number of carbonyl (C=O) groups is 4. The van der Waals surface area contributed by atoms with Gasteiger partial charge in [-0.2, -0.15) is 0 Å². The van der Waals surface area contributed by atoms with Crippen LogP contribution >= 0.6 is 0 Å². The molecule has 0 radical (unpaired) electrons. The van der Waals surface area contributed by atoms with E-state index < -0.39 is 18.4 Å². The molecule has 0 unspecified atom stereocenters. The third-order valence-electron chi connectivity index (χ3n) is 3.35. The molecule has 0 aliphatic carbocycles. The topological polar surface area (TPSA) is 113 Å². The second-order valence-electron chi connectivity index (χ2n) is 5.73. The molecule has 1 aromatic carbocycles. The van der Waals surface area contributed by atoms with Gasteiger partial charge < -0.3 is 15.7 Å². The second kappa shape index (κ2) is 8.81. The molecule has 0 atom stereocenters. The van der Waals surface area contributed by atoms with Gasteiger partial charge in [-0.1, -0.05) is 13.8 Å². The molecular weight excluding hydrogens is 312 g/mol. The van der Waals surface area contributed by atoms with Crippen LogP contribution in [0, 0.1) is 5.92 Å². The average Bonchev–Trinajstić information content (AvgIpc) is 2.51. The van der Waals surface area contributed by atoms with E-state index in [1.165, 1.54) is 19.1 Å². The molecule has 3 N–H and O–H groups in total. The van der Waals surface area contributed by atoms with Gasteiger partial charge in [0.2, 0.25) is 0 Å². The number of rotatable bonds is 9. The Morgan fingerprint density at radius 3 is 2.25 bits per heavy atom. The predicted molar refractivity (Wildman–Crippen MR) is 89.4 cm³/mol. The first kappa shape index (κ1) is 19.3. The van der Waals surface area contributed by atoms with Crippen LogP contribution in [-0.2, 0) is 9.59 Å². The van der Waals surface area contributed by atoms with Crippen LogP contribution in [0.2, 0.25) is 0 Å². The van der Waals surface area contributed by atoms with E-state index in [-0.39, 0.29) is 23.0 Å². The summed E-state index contributed by atoms with van der Waals surface area (Å²) in [6, 6.07) is 4.52. The third kappa shape index (κ3) is 6.20. The van der Waals surface area contributed by atoms with Gasteiger partial charge in [0.1, 0.15) is 12.3 Å². The van der Waals surface area contributed by atoms with Crippen molar-refractivity contribution in [2.75, 3.05) is 18.4 Å². The zero-order chi connectivity index (χ0) is 18.3. The fourth-order valence-corrected chi connectivity index (χ4v) is 1.94. The fraction of sp³-hybridized carbons (Fsp3) is 0.412. The number of aliphatic carboxylic acids is 1. The molecule has 0 saturated heterocycles. The summed E-state index contributed by atoms with van der Waals surface area (Å²) in [5.41, 5.74) is 1.04. The van der Waals surface area contributed by atoms with Gasteiger partial charge in [-0.3, -0.25) is 19.2 Å². The van der Waals surface area contributed by atoms with Gasteiger partial charge in [-0.05, 0) is 25.1 Å². The molecule has 0 aliphatic heterocycles. The van der Waals surface area contributed by atoms with Crippen molar-refractivity contribution in [3.8, 4) is 0 Å². The van der Waals surface area contributed by atoms with Gasteiger partial charge in [0, 0.05) is 35.7 Å². The number of carboxylic acid groups (broad SMARTS) is 1. The summed E-state index contributed by atoms with van der Waals surface area (Å²) in [6.07, 6.45) is 0.336. The number of Topliss-reactive ketones (excluding diaryl/α,β-unsaturated/α-hetero) is 2. The van der Waals surface area contributed by atoms with E-state index in [1.54, 1.807) is 6.07 Å². The lowest BCUT2D eigenvalue weighted by Crippen LogP contribution is -2.29. The monoisotopic (exact) mass is 334 g/mol. The standard InChI is InChI=1S/C17H22N2O5/c1-10(2)15(21)4-5-18-14-7-12(11(3)20)6-13(8-14)17(24)19-9-16(22)23/h6-8,10,18H,4-5,9H2,1-3H3,(H,19,24)(H,22,23). The van der Waals surface area contributed by atoms with Gasteiger partial charge in [0.05, 0.1) is 0 Å². The number of carboxylic acids is 1. The number of carbonyl (C=O) groups excluding carboxylic acids is 3. The normalized spacial score (nSPS) is 10.3. The Hall–Kier alpha value is -2.70. The molecule has 0 aromatic heterocycles. The Morgan fingerprint density at radius 1 is 1.08 bits per heavy atom. The minimum atomic E-state index is -1.16. The number of anilines is 1. The average molecular weight is 334 g/mol. The summed E-state index contributed by atoms with van der Waals surface area (Å²) in [5.74, 6) is -1.89. The molecule has 1 rings (SSSR count). The molecule has 24 heavy (non-hydrogen) atoms. The summed E-state index contributed by atoms with van der Waals surface area (Å²) in [5, 5.41) is 13.9. The minimum Gasteiger partial charge on any atom is -0.480 e. The van der Waals surface area contributed by atoms with E-state index in [4.69, 9.17) is 5.11 Å². The molecule has 7 heteroatoms. The van der Waals surface area contributed by atoms with Crippen LogP contribution < -0.4 is 10.6 Å². The third-order valence-corrected chi connectivity index (χ3v) is 3.35. The lowest BCUT2D eigenvalue weighted by atomic mass is 10.0. The van der Waals surface area contributed by atoms with Crippen LogP contribution in [0.15, 0.2) is 18.2 Å². The highest BCUT2D eigenvalue weighted by Gasteiger charge is 2.12. The Balaban J connectivity index is 2.87. The summed E-state index contributed by atoms with van der Waals surface area (Å²) in [6.45, 7) is 4.90. The molecule has 0 bridgehead atoms. The van der Waals surface area contributed by atoms with Gasteiger partial charge in [-0.25, -0.2) is 0 Å². The van der Waals surface area contributed by atoms with Crippen LogP contribution in [0.1, 0.15) is 47.9 Å². The molecule has 7 nitrogen and oxygen atoms in total. The van der Waals surface area contributed by atoms with E-state index in [0.717, 1.165) is 0 Å². The maximum Gasteiger partial charge on any atom is 0.322 e. The number of hydrogen-bond acceptors (Lipinski definition) is 5. The largest absolute Gasteiger partial charge is 0.480 e. The van der Waals surface area contributed by atoms with Crippen LogP contribution in [0.3, 0.4) is 0 Å². The van der Waals surface area contributed by atoms with Crippen LogP contribution in [-0.4, -0.2) is 41.6 Å². The number of hydrogen-bond donors (Lipinski definition) is 3. The van der Waals surface area contributed by atoms with E-state index in [1.807, 2.05) is 13.8 Å². The molecule has 1 aromatic rings. The van der Waals surface area contributed by atoms with Crippen molar-refractivity contribution in [2.24, 2.45) is 5.92 Å². The number of ketones is 2. The predicted octanol–water partition coefficient (Wildman–Crippen LogP) is 1.73. The minimum absolute atomic E-state index is 0.0484. The number of nitrogens with one attached hydrogen (secondary N) is 2. The van der Waals surface area contributed by atoms with Crippen molar-refractivity contribution in [1.82, 2.24) is 5.32 Å². The van der Waals surface area contributed by atoms with E-state index in [9.17, 15) is 19.2 Å². The Kier molecular flexibility index (Phi) is 7.10. The van der Waals surface area contributed by atoms with E-state index >= 15 is 0 Å². The molecule has 0 saturated carbocycles. The maximum absolute atomic E-state index is 12.0. The van der Waals surface area contributed by atoms with Gasteiger partial charge in [-0.15, -0.1) is 0 Å².